The van der Waals surface area contributed by atoms with E-state index in [4.69, 9.17) is 0 Å². The Hall–Kier alpha value is -0.920. The van der Waals surface area contributed by atoms with Crippen molar-refractivity contribution in [2.24, 2.45) is 0 Å². The molecule has 1 heterocycles. The first-order valence-corrected chi connectivity index (χ1v) is 5.96. The second-order valence-corrected chi connectivity index (χ2v) is 4.46. The van der Waals surface area contributed by atoms with Crippen LogP contribution in [0.25, 0.3) is 0 Å². The smallest absolute Gasteiger partial charge is 0.305 e. The number of carbonyl (C=O) groups excluding carboxylic acids is 1. The van der Waals surface area contributed by atoms with Gasteiger partial charge < -0.3 is 9.64 Å². The number of methoxy groups -OCH3 is 1. The number of aromatic nitrogens is 2. The van der Waals surface area contributed by atoms with Crippen LogP contribution in [0.15, 0.2) is 12.5 Å². The molecule has 0 saturated carbocycles. The Morgan fingerprint density at radius 1 is 1.62 bits per heavy atom. The zero-order valence-corrected chi connectivity index (χ0v) is 11.5. The molecule has 0 atom stereocenters. The van der Waals surface area contributed by atoms with Crippen molar-refractivity contribution in [3.05, 3.63) is 16.1 Å². The van der Waals surface area contributed by atoms with Crippen LogP contribution in [0.4, 0.5) is 5.82 Å². The van der Waals surface area contributed by atoms with Gasteiger partial charge in [0.1, 0.15) is 12.1 Å². The molecule has 0 fully saturated rings. The van der Waals surface area contributed by atoms with Crippen molar-refractivity contribution in [2.45, 2.75) is 12.8 Å². The minimum Gasteiger partial charge on any atom is -0.469 e. The summed E-state index contributed by atoms with van der Waals surface area (Å²) >= 11 is 2.19. The fraction of sp³-hybridized carbons (Fsp3) is 0.500. The third-order valence-electron chi connectivity index (χ3n) is 2.11. The number of carbonyl (C=O) groups is 1. The predicted molar refractivity (Wildman–Crippen MR) is 69.3 cm³/mol. The van der Waals surface area contributed by atoms with E-state index in [0.29, 0.717) is 6.42 Å². The highest BCUT2D eigenvalue weighted by Crippen LogP contribution is 2.16. The number of hydrogen-bond acceptors (Lipinski definition) is 5. The van der Waals surface area contributed by atoms with E-state index in [1.54, 1.807) is 6.20 Å². The molecule has 0 N–H and O–H groups in total. The zero-order valence-electron chi connectivity index (χ0n) is 9.31. The lowest BCUT2D eigenvalue weighted by atomic mass is 10.3. The number of hydrogen-bond donors (Lipinski definition) is 0. The maximum Gasteiger partial charge on any atom is 0.305 e. The Morgan fingerprint density at radius 2 is 2.38 bits per heavy atom. The van der Waals surface area contributed by atoms with Crippen LogP contribution in [-0.2, 0) is 9.53 Å². The van der Waals surface area contributed by atoms with Crippen LogP contribution in [-0.4, -0.2) is 36.6 Å². The zero-order chi connectivity index (χ0) is 12.0. The highest BCUT2D eigenvalue weighted by atomic mass is 127. The molecule has 0 saturated heterocycles. The van der Waals surface area contributed by atoms with Crippen molar-refractivity contribution in [1.82, 2.24) is 9.97 Å². The van der Waals surface area contributed by atoms with E-state index in [-0.39, 0.29) is 5.97 Å². The quantitative estimate of drug-likeness (QED) is 0.603. The summed E-state index contributed by atoms with van der Waals surface area (Å²) in [7, 11) is 3.35. The van der Waals surface area contributed by atoms with Gasteiger partial charge in [-0.05, 0) is 29.0 Å². The van der Waals surface area contributed by atoms with Crippen molar-refractivity contribution in [3.8, 4) is 0 Å². The fourth-order valence-electron chi connectivity index (χ4n) is 1.26. The van der Waals surface area contributed by atoms with E-state index in [9.17, 15) is 4.79 Å². The predicted octanol–water partition coefficient (Wildman–Crippen LogP) is 1.47. The van der Waals surface area contributed by atoms with Gasteiger partial charge in [0.25, 0.3) is 0 Å². The normalized spacial score (nSPS) is 9.94. The Bertz CT molecular complexity index is 360. The van der Waals surface area contributed by atoms with Gasteiger partial charge in [-0.3, -0.25) is 4.79 Å². The van der Waals surface area contributed by atoms with Gasteiger partial charge in [0.2, 0.25) is 0 Å². The van der Waals surface area contributed by atoms with Crippen LogP contribution in [0.3, 0.4) is 0 Å². The number of nitrogens with zero attached hydrogens (tertiary/aromatic N) is 3. The molecule has 0 spiro atoms. The Labute approximate surface area is 108 Å². The van der Waals surface area contributed by atoms with Crippen molar-refractivity contribution in [3.63, 3.8) is 0 Å². The number of esters is 1. The summed E-state index contributed by atoms with van der Waals surface area (Å²) in [6, 6.07) is 0. The molecule has 0 amide bonds. The maximum atomic E-state index is 10.9. The first kappa shape index (κ1) is 13.1. The molecule has 6 heteroatoms. The lowest BCUT2D eigenvalue weighted by molar-refractivity contribution is -0.140. The standard InChI is InChI=1S/C10H14IN3O2/c1-14(5-3-4-9(15)16-2)10-8(11)6-12-7-13-10/h6-7H,3-5H2,1-2H3. The SMILES string of the molecule is COC(=O)CCCN(C)c1ncncc1I. The molecule has 88 valence electrons. The summed E-state index contributed by atoms with van der Waals surface area (Å²) in [4.78, 5) is 21.1. The van der Waals surface area contributed by atoms with Gasteiger partial charge >= 0.3 is 5.97 Å². The van der Waals surface area contributed by atoms with Crippen LogP contribution in [0.1, 0.15) is 12.8 Å². The van der Waals surface area contributed by atoms with Crippen LogP contribution >= 0.6 is 22.6 Å². The topological polar surface area (TPSA) is 55.3 Å². The van der Waals surface area contributed by atoms with Crippen LogP contribution in [0.5, 0.6) is 0 Å². The van der Waals surface area contributed by atoms with Gasteiger partial charge in [-0.25, -0.2) is 9.97 Å². The third kappa shape index (κ3) is 3.92. The number of rotatable bonds is 5. The molecule has 1 aromatic heterocycles. The van der Waals surface area contributed by atoms with Gasteiger partial charge in [0, 0.05) is 26.2 Å². The minimum absolute atomic E-state index is 0.175. The summed E-state index contributed by atoms with van der Waals surface area (Å²) in [5.41, 5.74) is 0. The molecule has 0 aromatic carbocycles. The summed E-state index contributed by atoms with van der Waals surface area (Å²) in [6.07, 6.45) is 4.47. The van der Waals surface area contributed by atoms with E-state index < -0.39 is 0 Å². The first-order chi connectivity index (χ1) is 7.65. The number of anilines is 1. The second kappa shape index (κ2) is 6.62. The van der Waals surface area contributed by atoms with E-state index in [1.165, 1.54) is 13.4 Å². The van der Waals surface area contributed by atoms with Gasteiger partial charge in [-0.15, -0.1) is 0 Å². The van der Waals surface area contributed by atoms with Gasteiger partial charge in [-0.2, -0.15) is 0 Å². The molecule has 0 radical (unpaired) electrons. The molecule has 1 rings (SSSR count). The molecule has 0 aliphatic heterocycles. The van der Waals surface area contributed by atoms with Crippen molar-refractivity contribution in [2.75, 3.05) is 25.6 Å². The largest absolute Gasteiger partial charge is 0.469 e. The highest BCUT2D eigenvalue weighted by Gasteiger charge is 2.07. The highest BCUT2D eigenvalue weighted by molar-refractivity contribution is 14.1. The summed E-state index contributed by atoms with van der Waals surface area (Å²) in [6.45, 7) is 0.766. The summed E-state index contributed by atoms with van der Waals surface area (Å²) in [5, 5.41) is 0. The number of halogens is 1. The molecular formula is C10H14IN3O2. The number of ether oxygens (including phenoxy) is 1. The van der Waals surface area contributed by atoms with E-state index in [0.717, 1.165) is 22.4 Å². The lowest BCUT2D eigenvalue weighted by Gasteiger charge is -2.18. The van der Waals surface area contributed by atoms with Crippen molar-refractivity contribution < 1.29 is 9.53 Å². The molecule has 0 aliphatic rings. The van der Waals surface area contributed by atoms with Crippen molar-refractivity contribution in [1.29, 1.82) is 0 Å². The maximum absolute atomic E-state index is 10.9. The first-order valence-electron chi connectivity index (χ1n) is 4.88. The summed E-state index contributed by atoms with van der Waals surface area (Å²) in [5.74, 6) is 0.714. The average Bonchev–Trinajstić information content (AvgIpc) is 2.29. The fourth-order valence-corrected chi connectivity index (χ4v) is 1.97. The Balaban J connectivity index is 2.44. The van der Waals surface area contributed by atoms with E-state index in [2.05, 4.69) is 37.3 Å². The monoisotopic (exact) mass is 335 g/mol. The molecule has 16 heavy (non-hydrogen) atoms. The van der Waals surface area contributed by atoms with Gasteiger partial charge in [0.15, 0.2) is 0 Å². The Morgan fingerprint density at radius 3 is 3.00 bits per heavy atom. The average molecular weight is 335 g/mol. The summed E-state index contributed by atoms with van der Waals surface area (Å²) < 4.78 is 5.58. The van der Waals surface area contributed by atoms with E-state index >= 15 is 0 Å². The van der Waals surface area contributed by atoms with Crippen LogP contribution in [0, 0.1) is 3.57 Å². The van der Waals surface area contributed by atoms with Gasteiger partial charge in [-0.1, -0.05) is 0 Å². The molecule has 0 unspecified atom stereocenters. The molecule has 0 aliphatic carbocycles. The molecular weight excluding hydrogens is 321 g/mol. The Kier molecular flexibility index (Phi) is 5.44. The van der Waals surface area contributed by atoms with E-state index in [1.807, 2.05) is 11.9 Å². The molecule has 1 aromatic rings. The minimum atomic E-state index is -0.175. The van der Waals surface area contributed by atoms with Crippen LogP contribution < -0.4 is 4.90 Å². The molecule has 5 nitrogen and oxygen atoms in total. The van der Waals surface area contributed by atoms with Gasteiger partial charge in [0.05, 0.1) is 10.7 Å². The van der Waals surface area contributed by atoms with Crippen molar-refractivity contribution >= 4 is 34.4 Å². The molecule has 0 bridgehead atoms. The third-order valence-corrected chi connectivity index (χ3v) is 2.87. The van der Waals surface area contributed by atoms with Crippen LogP contribution in [0.2, 0.25) is 0 Å². The lowest BCUT2D eigenvalue weighted by Crippen LogP contribution is -2.21. The second-order valence-electron chi connectivity index (χ2n) is 3.30.